The highest BCUT2D eigenvalue weighted by Gasteiger charge is 2.25. The van der Waals surface area contributed by atoms with Crippen molar-refractivity contribution >= 4 is 51.6 Å². The normalized spacial score (nSPS) is 16.0. The number of carbonyl (C=O) groups excluding carboxylic acids is 2. The maximum Gasteiger partial charge on any atom is 0.290 e. The van der Waals surface area contributed by atoms with E-state index in [0.29, 0.717) is 27.9 Å². The first-order valence-electron chi connectivity index (χ1n) is 6.95. The summed E-state index contributed by atoms with van der Waals surface area (Å²) in [6.45, 7) is 0. The van der Waals surface area contributed by atoms with Crippen LogP contribution in [-0.2, 0) is 4.79 Å². The zero-order valence-corrected chi connectivity index (χ0v) is 13.8. The summed E-state index contributed by atoms with van der Waals surface area (Å²) in [5.74, 6) is -0.751. The smallest absolute Gasteiger partial charge is 0.290 e. The molecule has 0 aromatic carbocycles. The van der Waals surface area contributed by atoms with E-state index in [4.69, 9.17) is 16.0 Å². The number of nitrogens with zero attached hydrogens (tertiary/aromatic N) is 2. The maximum atomic E-state index is 13.7. The molecule has 0 atom stereocenters. The van der Waals surface area contributed by atoms with Gasteiger partial charge in [-0.05, 0) is 23.9 Å². The number of nitrogens with one attached hydrogen (secondary N) is 1. The van der Waals surface area contributed by atoms with Gasteiger partial charge in [0.25, 0.3) is 11.1 Å². The minimum atomic E-state index is -0.650. The molecule has 0 spiro atoms. The van der Waals surface area contributed by atoms with E-state index in [2.05, 4.69) is 15.3 Å². The van der Waals surface area contributed by atoms with Gasteiger partial charge in [-0.15, -0.1) is 0 Å². The molecule has 2 amide bonds. The Hall–Kier alpha value is -2.71. The van der Waals surface area contributed by atoms with Crippen LogP contribution in [0.1, 0.15) is 5.76 Å². The summed E-state index contributed by atoms with van der Waals surface area (Å²) < 4.78 is 19.5. The van der Waals surface area contributed by atoms with E-state index >= 15 is 0 Å². The van der Waals surface area contributed by atoms with E-state index in [0.717, 1.165) is 11.8 Å². The second-order valence-corrected chi connectivity index (χ2v) is 6.48. The van der Waals surface area contributed by atoms with Gasteiger partial charge in [0.05, 0.1) is 4.91 Å². The first-order valence-corrected chi connectivity index (χ1v) is 8.14. The van der Waals surface area contributed by atoms with Crippen LogP contribution in [0, 0.1) is 5.82 Å². The van der Waals surface area contributed by atoms with E-state index in [9.17, 15) is 14.0 Å². The van der Waals surface area contributed by atoms with Gasteiger partial charge in [0.15, 0.2) is 11.0 Å². The standard InChI is InChI=1S/C16H7ClFN3O3S/c17-14-11(18)2-7(5-20-14)10-6-19-4-8-1-9(24-13(8)10)3-12-15(22)21-16(23)25-12/h1-6H,(H,21,22,23)/b12-3+. The quantitative estimate of drug-likeness (QED) is 0.538. The largest absolute Gasteiger partial charge is 0.456 e. The predicted molar refractivity (Wildman–Crippen MR) is 91.3 cm³/mol. The summed E-state index contributed by atoms with van der Waals surface area (Å²) in [7, 11) is 0. The molecule has 1 aliphatic rings. The van der Waals surface area contributed by atoms with Crippen LogP contribution in [0.25, 0.3) is 28.2 Å². The van der Waals surface area contributed by atoms with Crippen LogP contribution < -0.4 is 5.32 Å². The van der Waals surface area contributed by atoms with Crippen molar-refractivity contribution in [3.63, 3.8) is 0 Å². The van der Waals surface area contributed by atoms with Crippen molar-refractivity contribution in [2.24, 2.45) is 0 Å². The molecule has 9 heteroatoms. The van der Waals surface area contributed by atoms with Crippen molar-refractivity contribution in [1.82, 2.24) is 15.3 Å². The lowest BCUT2D eigenvalue weighted by Gasteiger charge is -2.02. The minimum Gasteiger partial charge on any atom is -0.456 e. The Morgan fingerprint density at radius 1 is 1.24 bits per heavy atom. The Labute approximate surface area is 149 Å². The monoisotopic (exact) mass is 375 g/mol. The molecule has 6 nitrogen and oxygen atoms in total. The second kappa shape index (κ2) is 5.98. The van der Waals surface area contributed by atoms with E-state index in [1.54, 1.807) is 12.3 Å². The van der Waals surface area contributed by atoms with Gasteiger partial charge in [0.1, 0.15) is 11.3 Å². The molecule has 124 valence electrons. The minimum absolute atomic E-state index is 0.220. The van der Waals surface area contributed by atoms with Gasteiger partial charge in [0.2, 0.25) is 0 Å². The molecule has 0 bridgehead atoms. The molecule has 1 N–H and O–H groups in total. The molecule has 1 saturated heterocycles. The van der Waals surface area contributed by atoms with E-state index in [1.807, 2.05) is 0 Å². The van der Waals surface area contributed by atoms with Crippen LogP contribution >= 0.6 is 23.4 Å². The Bertz CT molecular complexity index is 1080. The number of carbonyl (C=O) groups is 2. The van der Waals surface area contributed by atoms with Gasteiger partial charge in [-0.3, -0.25) is 19.9 Å². The Kier molecular flexibility index (Phi) is 3.78. The molecule has 3 aromatic heterocycles. The number of amides is 2. The van der Waals surface area contributed by atoms with Crippen molar-refractivity contribution in [3.8, 4) is 11.1 Å². The lowest BCUT2D eigenvalue weighted by Crippen LogP contribution is -2.17. The molecular formula is C16H7ClFN3O3S. The van der Waals surface area contributed by atoms with E-state index in [1.165, 1.54) is 24.5 Å². The van der Waals surface area contributed by atoms with Gasteiger partial charge in [-0.1, -0.05) is 11.6 Å². The molecule has 1 fully saturated rings. The van der Waals surface area contributed by atoms with Crippen LogP contribution in [0.15, 0.2) is 40.0 Å². The first-order chi connectivity index (χ1) is 12.0. The summed E-state index contributed by atoms with van der Waals surface area (Å²) in [6, 6.07) is 2.92. The third-order valence-electron chi connectivity index (χ3n) is 3.46. The van der Waals surface area contributed by atoms with Crippen molar-refractivity contribution < 1.29 is 18.4 Å². The Morgan fingerprint density at radius 3 is 2.80 bits per heavy atom. The van der Waals surface area contributed by atoms with Crippen LogP contribution in [0.2, 0.25) is 5.15 Å². The van der Waals surface area contributed by atoms with Crippen molar-refractivity contribution in [3.05, 3.63) is 52.4 Å². The van der Waals surface area contributed by atoms with Crippen LogP contribution in [-0.4, -0.2) is 21.1 Å². The molecule has 0 aliphatic carbocycles. The molecular weight excluding hydrogens is 369 g/mol. The molecule has 3 aromatic rings. The lowest BCUT2D eigenvalue weighted by atomic mass is 10.1. The topological polar surface area (TPSA) is 85.1 Å². The Morgan fingerprint density at radius 2 is 2.08 bits per heavy atom. The summed E-state index contributed by atoms with van der Waals surface area (Å²) in [4.78, 5) is 31.0. The lowest BCUT2D eigenvalue weighted by molar-refractivity contribution is -0.115. The van der Waals surface area contributed by atoms with Gasteiger partial charge >= 0.3 is 0 Å². The van der Waals surface area contributed by atoms with Gasteiger partial charge in [-0.25, -0.2) is 9.37 Å². The molecule has 0 saturated carbocycles. The first kappa shape index (κ1) is 15.8. The number of pyridine rings is 2. The van der Waals surface area contributed by atoms with Crippen LogP contribution in [0.5, 0.6) is 0 Å². The number of halogens is 2. The highest BCUT2D eigenvalue weighted by molar-refractivity contribution is 8.18. The van der Waals surface area contributed by atoms with Gasteiger partial charge < -0.3 is 4.42 Å². The van der Waals surface area contributed by atoms with E-state index < -0.39 is 17.0 Å². The van der Waals surface area contributed by atoms with Crippen LogP contribution in [0.4, 0.5) is 9.18 Å². The summed E-state index contributed by atoms with van der Waals surface area (Å²) in [6.07, 6.45) is 5.99. The fourth-order valence-corrected chi connectivity index (χ4v) is 3.14. The zero-order chi connectivity index (χ0) is 17.6. The van der Waals surface area contributed by atoms with E-state index in [-0.39, 0.29) is 10.1 Å². The fraction of sp³-hybridized carbons (Fsp3) is 0. The zero-order valence-electron chi connectivity index (χ0n) is 12.2. The highest BCUT2D eigenvalue weighted by Crippen LogP contribution is 2.33. The SMILES string of the molecule is O=C1NC(=O)/C(=C\c2cc3cncc(-c4cnc(Cl)c(F)c4)c3o2)S1. The predicted octanol–water partition coefficient (Wildman–Crippen LogP) is 4.01. The summed E-state index contributed by atoms with van der Waals surface area (Å²) in [5.41, 5.74) is 1.45. The molecule has 4 heterocycles. The number of fused-ring (bicyclic) bond motifs is 1. The number of furan rings is 1. The number of hydrogen-bond acceptors (Lipinski definition) is 6. The van der Waals surface area contributed by atoms with Gasteiger partial charge in [0, 0.05) is 41.2 Å². The molecule has 0 unspecified atom stereocenters. The number of hydrogen-bond donors (Lipinski definition) is 1. The number of imide groups is 1. The number of aromatic nitrogens is 2. The van der Waals surface area contributed by atoms with Crippen molar-refractivity contribution in [2.45, 2.75) is 0 Å². The van der Waals surface area contributed by atoms with Crippen molar-refractivity contribution in [1.29, 1.82) is 0 Å². The van der Waals surface area contributed by atoms with Crippen LogP contribution in [0.3, 0.4) is 0 Å². The van der Waals surface area contributed by atoms with Gasteiger partial charge in [-0.2, -0.15) is 0 Å². The third-order valence-corrected chi connectivity index (χ3v) is 4.55. The highest BCUT2D eigenvalue weighted by atomic mass is 35.5. The van der Waals surface area contributed by atoms with Crippen molar-refractivity contribution in [2.75, 3.05) is 0 Å². The second-order valence-electron chi connectivity index (χ2n) is 5.10. The molecule has 25 heavy (non-hydrogen) atoms. The Balaban J connectivity index is 1.81. The maximum absolute atomic E-state index is 13.7. The number of thioether (sulfide) groups is 1. The number of rotatable bonds is 2. The third kappa shape index (κ3) is 2.90. The molecule has 4 rings (SSSR count). The molecule has 1 aliphatic heterocycles. The fourth-order valence-electron chi connectivity index (χ4n) is 2.38. The average molecular weight is 376 g/mol. The summed E-state index contributed by atoms with van der Waals surface area (Å²) in [5, 5.41) is 2.18. The average Bonchev–Trinajstić information content (AvgIpc) is 3.12. The summed E-state index contributed by atoms with van der Waals surface area (Å²) >= 11 is 6.40. The molecule has 0 radical (unpaired) electrons.